The number of rotatable bonds is 5. The van der Waals surface area contributed by atoms with Gasteiger partial charge in [0.1, 0.15) is 10.8 Å². The maximum atomic E-state index is 12.6. The third-order valence-electron chi connectivity index (χ3n) is 2.15. The fraction of sp³-hybridized carbons (Fsp3) is 0.455. The molecule has 1 heterocycles. The average Bonchev–Trinajstić information content (AvgIpc) is 2.31. The molecule has 100 valence electrons. The summed E-state index contributed by atoms with van der Waals surface area (Å²) in [7, 11) is 0. The third-order valence-corrected chi connectivity index (χ3v) is 2.77. The van der Waals surface area contributed by atoms with Crippen LogP contribution in [0.5, 0.6) is 0 Å². The number of carbonyl (C=O) groups excluding carboxylic acids is 1. The fourth-order valence-corrected chi connectivity index (χ4v) is 1.81. The van der Waals surface area contributed by atoms with Crippen molar-refractivity contribution >= 4 is 29.2 Å². The Kier molecular flexibility index (Phi) is 5.75. The second kappa shape index (κ2) is 6.85. The summed E-state index contributed by atoms with van der Waals surface area (Å²) >= 11 is 11.3. The molecule has 1 aromatic heterocycles. The van der Waals surface area contributed by atoms with Crippen molar-refractivity contribution in [1.29, 1.82) is 0 Å². The molecule has 7 heteroatoms. The number of halogens is 4. The van der Waals surface area contributed by atoms with Gasteiger partial charge in [0.2, 0.25) is 0 Å². The maximum absolute atomic E-state index is 12.6. The number of hydrogen-bond acceptors (Lipinski definition) is 3. The Hall–Kier alpha value is -0.940. The molecule has 0 aliphatic carbocycles. The molecule has 0 aromatic carbocycles. The van der Waals surface area contributed by atoms with Gasteiger partial charge in [-0.1, -0.05) is 11.6 Å². The van der Waals surface area contributed by atoms with Gasteiger partial charge in [-0.2, -0.15) is 0 Å². The Morgan fingerprint density at radius 1 is 1.50 bits per heavy atom. The first-order valence-electron chi connectivity index (χ1n) is 5.17. The molecule has 0 aliphatic heterocycles. The fourth-order valence-electron chi connectivity index (χ4n) is 1.38. The monoisotopic (exact) mass is 297 g/mol. The van der Waals surface area contributed by atoms with Crippen LogP contribution in [0.15, 0.2) is 6.07 Å². The molecule has 0 saturated heterocycles. The zero-order valence-corrected chi connectivity index (χ0v) is 11.1. The number of aromatic nitrogens is 1. The van der Waals surface area contributed by atoms with Gasteiger partial charge in [0.15, 0.2) is 0 Å². The predicted octanol–water partition coefficient (Wildman–Crippen LogP) is 3.52. The van der Waals surface area contributed by atoms with E-state index in [1.807, 2.05) is 0 Å². The Morgan fingerprint density at radius 3 is 2.67 bits per heavy atom. The Balaban J connectivity index is 3.04. The van der Waals surface area contributed by atoms with Gasteiger partial charge < -0.3 is 4.74 Å². The minimum atomic E-state index is -2.76. The van der Waals surface area contributed by atoms with Gasteiger partial charge in [-0.15, -0.1) is 11.6 Å². The molecule has 0 radical (unpaired) electrons. The van der Waals surface area contributed by atoms with E-state index in [-0.39, 0.29) is 29.6 Å². The van der Waals surface area contributed by atoms with E-state index in [2.05, 4.69) is 4.98 Å². The van der Waals surface area contributed by atoms with E-state index >= 15 is 0 Å². The highest BCUT2D eigenvalue weighted by Gasteiger charge is 2.19. The number of nitrogens with zero attached hydrogens (tertiary/aromatic N) is 1. The van der Waals surface area contributed by atoms with E-state index in [0.717, 1.165) is 0 Å². The summed E-state index contributed by atoms with van der Waals surface area (Å²) < 4.78 is 30.0. The van der Waals surface area contributed by atoms with Crippen LogP contribution >= 0.6 is 23.2 Å². The van der Waals surface area contributed by atoms with Crippen molar-refractivity contribution in [2.75, 3.05) is 6.61 Å². The molecule has 0 fully saturated rings. The summed E-state index contributed by atoms with van der Waals surface area (Å²) in [5.74, 6) is -0.619. The molecule has 0 amide bonds. The normalized spacial score (nSPS) is 10.8. The van der Waals surface area contributed by atoms with Crippen LogP contribution in [0, 0.1) is 0 Å². The summed E-state index contributed by atoms with van der Waals surface area (Å²) in [6, 6.07) is 1.36. The summed E-state index contributed by atoms with van der Waals surface area (Å²) in [5, 5.41) is -0.132. The van der Waals surface area contributed by atoms with Crippen molar-refractivity contribution in [3.63, 3.8) is 0 Å². The topological polar surface area (TPSA) is 39.2 Å². The number of esters is 1. The Bertz CT molecular complexity index is 441. The number of ether oxygens (including phenoxy) is 1. The molecule has 3 nitrogen and oxygen atoms in total. The van der Waals surface area contributed by atoms with Crippen LogP contribution in [0.25, 0.3) is 0 Å². The van der Waals surface area contributed by atoms with Gasteiger partial charge in [-0.3, -0.25) is 4.79 Å². The van der Waals surface area contributed by atoms with Crippen LogP contribution in [0.1, 0.15) is 30.2 Å². The quantitative estimate of drug-likeness (QED) is 0.474. The predicted molar refractivity (Wildman–Crippen MR) is 64.1 cm³/mol. The molecule has 0 unspecified atom stereocenters. The zero-order chi connectivity index (χ0) is 13.7. The molecule has 0 N–H and O–H groups in total. The second-order valence-electron chi connectivity index (χ2n) is 3.40. The summed E-state index contributed by atoms with van der Waals surface area (Å²) in [4.78, 5) is 14.9. The number of alkyl halides is 3. The lowest BCUT2D eigenvalue weighted by molar-refractivity contribution is -0.142. The van der Waals surface area contributed by atoms with Gasteiger partial charge in [0.25, 0.3) is 6.43 Å². The van der Waals surface area contributed by atoms with Crippen LogP contribution in [-0.4, -0.2) is 17.6 Å². The molecule has 0 spiro atoms. The third kappa shape index (κ3) is 3.78. The molecule has 1 rings (SSSR count). The van der Waals surface area contributed by atoms with Gasteiger partial charge >= 0.3 is 5.97 Å². The first kappa shape index (κ1) is 15.1. The molecule has 0 bridgehead atoms. The van der Waals surface area contributed by atoms with Crippen LogP contribution < -0.4 is 0 Å². The second-order valence-corrected chi connectivity index (χ2v) is 4.02. The van der Waals surface area contributed by atoms with Crippen molar-refractivity contribution in [1.82, 2.24) is 4.98 Å². The van der Waals surface area contributed by atoms with Crippen molar-refractivity contribution in [3.05, 3.63) is 28.0 Å². The minimum absolute atomic E-state index is 0.118. The van der Waals surface area contributed by atoms with Crippen molar-refractivity contribution in [2.45, 2.75) is 25.7 Å². The largest absolute Gasteiger partial charge is 0.466 e. The van der Waals surface area contributed by atoms with E-state index < -0.39 is 18.1 Å². The first-order valence-corrected chi connectivity index (χ1v) is 6.08. The lowest BCUT2D eigenvalue weighted by atomic mass is 10.1. The van der Waals surface area contributed by atoms with E-state index in [0.29, 0.717) is 5.56 Å². The first-order chi connectivity index (χ1) is 8.49. The van der Waals surface area contributed by atoms with E-state index in [1.165, 1.54) is 6.07 Å². The SMILES string of the molecule is CCOC(=O)Cc1cc(CCl)c(C(F)F)nc1Cl. The van der Waals surface area contributed by atoms with Gasteiger partial charge in [0, 0.05) is 11.4 Å². The molecular formula is C11H11Cl2F2NO2. The highest BCUT2D eigenvalue weighted by Crippen LogP contribution is 2.27. The lowest BCUT2D eigenvalue weighted by Crippen LogP contribution is -2.10. The Morgan fingerprint density at radius 2 is 2.17 bits per heavy atom. The van der Waals surface area contributed by atoms with E-state index in [9.17, 15) is 13.6 Å². The zero-order valence-electron chi connectivity index (χ0n) is 9.55. The highest BCUT2D eigenvalue weighted by atomic mass is 35.5. The van der Waals surface area contributed by atoms with Crippen molar-refractivity contribution < 1.29 is 18.3 Å². The number of pyridine rings is 1. The molecule has 0 aliphatic rings. The van der Waals surface area contributed by atoms with E-state index in [4.69, 9.17) is 27.9 Å². The molecular weight excluding hydrogens is 287 g/mol. The number of carbonyl (C=O) groups is 1. The van der Waals surface area contributed by atoms with Crippen LogP contribution in [0.2, 0.25) is 5.15 Å². The summed E-state index contributed by atoms with van der Waals surface area (Å²) in [5.41, 5.74) is 0.0353. The van der Waals surface area contributed by atoms with Crippen LogP contribution in [0.4, 0.5) is 8.78 Å². The van der Waals surface area contributed by atoms with Crippen LogP contribution in [-0.2, 0) is 21.8 Å². The Labute approximate surface area is 113 Å². The number of hydrogen-bond donors (Lipinski definition) is 0. The maximum Gasteiger partial charge on any atom is 0.310 e. The van der Waals surface area contributed by atoms with Crippen LogP contribution in [0.3, 0.4) is 0 Å². The average molecular weight is 298 g/mol. The van der Waals surface area contributed by atoms with Gasteiger partial charge in [0.05, 0.1) is 13.0 Å². The van der Waals surface area contributed by atoms with Gasteiger partial charge in [-0.05, 0) is 18.6 Å². The van der Waals surface area contributed by atoms with Gasteiger partial charge in [-0.25, -0.2) is 13.8 Å². The molecule has 1 aromatic rings. The lowest BCUT2D eigenvalue weighted by Gasteiger charge is -2.10. The molecule has 0 atom stereocenters. The standard InChI is InChI=1S/C11H11Cl2F2NO2/c1-2-18-8(17)4-6-3-7(5-12)9(11(14)15)16-10(6)13/h3,11H,2,4-5H2,1H3. The minimum Gasteiger partial charge on any atom is -0.466 e. The molecule has 18 heavy (non-hydrogen) atoms. The van der Waals surface area contributed by atoms with Crippen molar-refractivity contribution in [2.24, 2.45) is 0 Å². The summed E-state index contributed by atoms with van der Waals surface area (Å²) in [6.45, 7) is 1.91. The summed E-state index contributed by atoms with van der Waals surface area (Å²) in [6.07, 6.45) is -2.87. The highest BCUT2D eigenvalue weighted by molar-refractivity contribution is 6.30. The molecule has 0 saturated carbocycles. The smallest absolute Gasteiger partial charge is 0.310 e. The van der Waals surface area contributed by atoms with Crippen molar-refractivity contribution in [3.8, 4) is 0 Å². The van der Waals surface area contributed by atoms with E-state index in [1.54, 1.807) is 6.92 Å².